The minimum Gasteiger partial charge on any atom is -0.325 e. The Kier molecular flexibility index (Phi) is 5.45. The molecular weight excluding hydrogens is 473 g/mol. The topological polar surface area (TPSA) is 53.5 Å². The van der Waals surface area contributed by atoms with Crippen molar-refractivity contribution in [3.05, 3.63) is 82.0 Å². The van der Waals surface area contributed by atoms with Crippen molar-refractivity contribution in [2.75, 3.05) is 4.90 Å². The molecule has 1 aromatic carbocycles. The number of amides is 2. The van der Waals surface area contributed by atoms with Crippen LogP contribution in [-0.2, 0) is 0 Å². The zero-order valence-corrected chi connectivity index (χ0v) is 19.3. The molecule has 0 saturated heterocycles. The number of carbonyl (C=O) groups is 2. The van der Waals surface area contributed by atoms with Crippen LogP contribution in [0.5, 0.6) is 0 Å². The molecule has 0 spiro atoms. The number of hydrogen-bond donors (Lipinski definition) is 0. The molecule has 3 aliphatic rings. The van der Waals surface area contributed by atoms with Gasteiger partial charge in [-0.1, -0.05) is 24.6 Å². The average Bonchev–Trinajstić information content (AvgIpc) is 3.07. The van der Waals surface area contributed by atoms with Crippen LogP contribution in [0.1, 0.15) is 64.8 Å². The van der Waals surface area contributed by atoms with Crippen molar-refractivity contribution < 1.29 is 14.0 Å². The van der Waals surface area contributed by atoms with Crippen molar-refractivity contribution in [1.82, 2.24) is 9.88 Å². The number of hydrogen-bond acceptors (Lipinski definition) is 4. The first-order valence-electron chi connectivity index (χ1n) is 10.9. The molecule has 5 nitrogen and oxygen atoms in total. The predicted octanol–water partition coefficient (Wildman–Crippen LogP) is 5.70. The van der Waals surface area contributed by atoms with Gasteiger partial charge in [0.2, 0.25) is 0 Å². The van der Waals surface area contributed by atoms with Crippen LogP contribution in [0.15, 0.2) is 65.3 Å². The highest BCUT2D eigenvalue weighted by Gasteiger charge is 2.42. The Morgan fingerprint density at radius 3 is 2.50 bits per heavy atom. The van der Waals surface area contributed by atoms with Gasteiger partial charge >= 0.3 is 0 Å². The number of rotatable bonds is 3. The van der Waals surface area contributed by atoms with Crippen LogP contribution in [0, 0.1) is 0 Å². The van der Waals surface area contributed by atoms with Crippen LogP contribution < -0.4 is 4.90 Å². The van der Waals surface area contributed by atoms with E-state index in [1.54, 1.807) is 36.7 Å². The fourth-order valence-electron chi connectivity index (χ4n) is 5.16. The van der Waals surface area contributed by atoms with Crippen LogP contribution in [-0.4, -0.2) is 33.8 Å². The van der Waals surface area contributed by atoms with Crippen LogP contribution >= 0.6 is 15.9 Å². The molecule has 164 valence electrons. The Morgan fingerprint density at radius 1 is 1.06 bits per heavy atom. The Balaban J connectivity index is 1.45. The number of fused-ring (bicyclic) bond motifs is 1. The molecule has 3 heterocycles. The van der Waals surface area contributed by atoms with Gasteiger partial charge in [0.25, 0.3) is 11.8 Å². The van der Waals surface area contributed by atoms with E-state index < -0.39 is 0 Å². The standard InChI is InChI=1S/C25H23BrFN3O2/c1-15-9-10-21(27)23(26)29(15)22-14-28-12-11-18(22)16-5-4-6-17(13-16)30-24(31)19-7-2-3-8-20(19)25(30)32/h2-3,7-12,14-17H,4-6,13H2,1H3/t15?,16-,17+/m1/s1. The number of halogens is 2. The number of anilines is 1. The van der Waals surface area contributed by atoms with Crippen LogP contribution in [0.25, 0.3) is 0 Å². The number of aromatic nitrogens is 1. The largest absolute Gasteiger partial charge is 0.325 e. The molecule has 5 rings (SSSR count). The highest BCUT2D eigenvalue weighted by atomic mass is 79.9. The van der Waals surface area contributed by atoms with Crippen molar-refractivity contribution >= 4 is 33.4 Å². The second-order valence-corrected chi connectivity index (χ2v) is 9.34. The fraction of sp³-hybridized carbons (Fsp3) is 0.320. The lowest BCUT2D eigenvalue weighted by Crippen LogP contribution is -2.42. The maximum Gasteiger partial charge on any atom is 0.261 e. The van der Waals surface area contributed by atoms with Gasteiger partial charge in [-0.25, -0.2) is 4.39 Å². The zero-order chi connectivity index (χ0) is 22.4. The van der Waals surface area contributed by atoms with Crippen LogP contribution in [0.4, 0.5) is 10.1 Å². The molecule has 32 heavy (non-hydrogen) atoms. The van der Waals surface area contributed by atoms with E-state index in [-0.39, 0.29) is 35.6 Å². The lowest BCUT2D eigenvalue weighted by Gasteiger charge is -2.38. The average molecular weight is 496 g/mol. The molecular formula is C25H23BrFN3O2. The summed E-state index contributed by atoms with van der Waals surface area (Å²) in [6.07, 6.45) is 10.1. The van der Waals surface area contributed by atoms with Crippen LogP contribution in [0.3, 0.4) is 0 Å². The first-order chi connectivity index (χ1) is 15.5. The SMILES string of the molecule is CC1C=CC(F)=C(Br)N1c1cnccc1[C@@H]1CCC[C@H](N2C(=O)c3ccccc3C2=O)C1. The normalized spacial score (nSPS) is 25.5. The van der Waals surface area contributed by atoms with Crippen molar-refractivity contribution in [3.8, 4) is 0 Å². The van der Waals surface area contributed by atoms with E-state index in [0.29, 0.717) is 22.2 Å². The first-order valence-corrected chi connectivity index (χ1v) is 11.7. The molecule has 2 aromatic rings. The summed E-state index contributed by atoms with van der Waals surface area (Å²) in [5.74, 6) is -0.592. The summed E-state index contributed by atoms with van der Waals surface area (Å²) < 4.78 is 14.7. The number of carbonyl (C=O) groups excluding carboxylic acids is 2. The third kappa shape index (κ3) is 3.39. The molecule has 0 N–H and O–H groups in total. The Morgan fingerprint density at radius 2 is 1.78 bits per heavy atom. The summed E-state index contributed by atoms with van der Waals surface area (Å²) in [7, 11) is 0. The van der Waals surface area contributed by atoms with Gasteiger partial charge in [0.15, 0.2) is 5.83 Å². The lowest BCUT2D eigenvalue weighted by molar-refractivity contribution is 0.0540. The number of imide groups is 1. The van der Waals surface area contributed by atoms with Gasteiger partial charge in [0.1, 0.15) is 4.61 Å². The van der Waals surface area contributed by atoms with E-state index in [4.69, 9.17) is 0 Å². The van der Waals surface area contributed by atoms with Gasteiger partial charge in [0, 0.05) is 12.2 Å². The van der Waals surface area contributed by atoms with Crippen molar-refractivity contribution in [2.24, 2.45) is 0 Å². The molecule has 0 radical (unpaired) electrons. The van der Waals surface area contributed by atoms with Gasteiger partial charge in [-0.15, -0.1) is 0 Å². The number of allylic oxidation sites excluding steroid dienone is 2. The monoisotopic (exact) mass is 495 g/mol. The Bertz CT molecular complexity index is 1130. The molecule has 0 bridgehead atoms. The van der Waals surface area contributed by atoms with E-state index in [9.17, 15) is 14.0 Å². The van der Waals surface area contributed by atoms with Gasteiger partial charge in [0.05, 0.1) is 29.1 Å². The van der Waals surface area contributed by atoms with Crippen molar-refractivity contribution in [2.45, 2.75) is 50.6 Å². The minimum atomic E-state index is -0.328. The zero-order valence-electron chi connectivity index (χ0n) is 17.7. The van der Waals surface area contributed by atoms with E-state index in [1.165, 1.54) is 11.0 Å². The number of pyridine rings is 1. The van der Waals surface area contributed by atoms with Gasteiger partial charge in [-0.05, 0) is 77.9 Å². The summed E-state index contributed by atoms with van der Waals surface area (Å²) in [4.78, 5) is 33.7. The molecule has 2 amide bonds. The molecule has 2 aliphatic heterocycles. The summed E-state index contributed by atoms with van der Waals surface area (Å²) in [6, 6.07) is 8.81. The second-order valence-electron chi connectivity index (χ2n) is 8.59. The molecule has 1 aromatic heterocycles. The van der Waals surface area contributed by atoms with E-state index in [0.717, 1.165) is 30.5 Å². The molecule has 1 saturated carbocycles. The summed E-state index contributed by atoms with van der Waals surface area (Å²) in [5, 5.41) is 0. The summed E-state index contributed by atoms with van der Waals surface area (Å²) in [6.45, 7) is 2.00. The highest BCUT2D eigenvalue weighted by Crippen LogP contribution is 2.43. The highest BCUT2D eigenvalue weighted by molar-refractivity contribution is 9.11. The predicted molar refractivity (Wildman–Crippen MR) is 124 cm³/mol. The van der Waals surface area contributed by atoms with Gasteiger partial charge in [-0.2, -0.15) is 0 Å². The maximum atomic E-state index is 14.3. The number of nitrogens with zero attached hydrogens (tertiary/aromatic N) is 3. The van der Waals surface area contributed by atoms with Crippen molar-refractivity contribution in [1.29, 1.82) is 0 Å². The van der Waals surface area contributed by atoms with E-state index >= 15 is 0 Å². The smallest absolute Gasteiger partial charge is 0.261 e. The molecule has 1 aliphatic carbocycles. The minimum absolute atomic E-state index is 0.0394. The van der Waals surface area contributed by atoms with Gasteiger partial charge in [-0.3, -0.25) is 19.5 Å². The third-order valence-electron chi connectivity index (χ3n) is 6.71. The van der Waals surface area contributed by atoms with Crippen LogP contribution in [0.2, 0.25) is 0 Å². The van der Waals surface area contributed by atoms with Crippen molar-refractivity contribution in [3.63, 3.8) is 0 Å². The Hall–Kier alpha value is -2.80. The third-order valence-corrected chi connectivity index (χ3v) is 7.47. The lowest BCUT2D eigenvalue weighted by atomic mass is 9.80. The number of benzene rings is 1. The maximum absolute atomic E-state index is 14.3. The first kappa shape index (κ1) is 21.1. The van der Waals surface area contributed by atoms with E-state index in [2.05, 4.69) is 20.9 Å². The molecule has 3 atom stereocenters. The Labute approximate surface area is 194 Å². The molecule has 1 fully saturated rings. The van der Waals surface area contributed by atoms with Gasteiger partial charge < -0.3 is 4.90 Å². The van der Waals surface area contributed by atoms with E-state index in [1.807, 2.05) is 24.0 Å². The summed E-state index contributed by atoms with van der Waals surface area (Å²) >= 11 is 3.41. The molecule has 1 unspecified atom stereocenters. The molecule has 7 heteroatoms. The quantitative estimate of drug-likeness (QED) is 0.404. The fourth-order valence-corrected chi connectivity index (χ4v) is 5.81. The summed E-state index contributed by atoms with van der Waals surface area (Å²) in [5.41, 5.74) is 2.89. The second kappa shape index (κ2) is 8.28.